The van der Waals surface area contributed by atoms with Crippen LogP contribution in [0, 0.1) is 6.92 Å². The predicted octanol–water partition coefficient (Wildman–Crippen LogP) is 0.303. The number of hydrogen-bond acceptors (Lipinski definition) is 6. The first kappa shape index (κ1) is 16.6. The van der Waals surface area contributed by atoms with Gasteiger partial charge in [0, 0.05) is 25.7 Å². The highest BCUT2D eigenvalue weighted by Gasteiger charge is 2.16. The quantitative estimate of drug-likeness (QED) is 0.763. The van der Waals surface area contributed by atoms with Crippen LogP contribution in [-0.2, 0) is 4.74 Å². The summed E-state index contributed by atoms with van der Waals surface area (Å²) in [4.78, 5) is 25.1. The SMILES string of the molecule is Cc1nc(C(=O)NCCCN(C)C)cc(N2CCOCC2)n1. The van der Waals surface area contributed by atoms with Crippen LogP contribution < -0.4 is 10.2 Å². The Labute approximate surface area is 131 Å². The van der Waals surface area contributed by atoms with E-state index in [1.54, 1.807) is 6.07 Å². The minimum absolute atomic E-state index is 0.140. The lowest BCUT2D eigenvalue weighted by molar-refractivity contribution is 0.0947. The number of carbonyl (C=O) groups is 1. The van der Waals surface area contributed by atoms with E-state index in [-0.39, 0.29) is 5.91 Å². The number of morpholine rings is 1. The van der Waals surface area contributed by atoms with Crippen LogP contribution >= 0.6 is 0 Å². The molecule has 0 bridgehead atoms. The van der Waals surface area contributed by atoms with Gasteiger partial charge in [-0.3, -0.25) is 4.79 Å². The molecular weight excluding hydrogens is 282 g/mol. The molecule has 1 amide bonds. The van der Waals surface area contributed by atoms with Gasteiger partial charge in [0.25, 0.3) is 5.91 Å². The van der Waals surface area contributed by atoms with E-state index in [2.05, 4.69) is 25.1 Å². The average Bonchev–Trinajstić information content (AvgIpc) is 2.51. The highest BCUT2D eigenvalue weighted by molar-refractivity contribution is 5.92. The summed E-state index contributed by atoms with van der Waals surface area (Å²) in [6.45, 7) is 6.37. The average molecular weight is 307 g/mol. The molecular formula is C15H25N5O2. The Balaban J connectivity index is 1.97. The highest BCUT2D eigenvalue weighted by Crippen LogP contribution is 2.14. The Morgan fingerprint density at radius 3 is 2.77 bits per heavy atom. The topological polar surface area (TPSA) is 70.6 Å². The summed E-state index contributed by atoms with van der Waals surface area (Å²) >= 11 is 0. The van der Waals surface area contributed by atoms with Crippen molar-refractivity contribution in [2.75, 3.05) is 58.4 Å². The summed E-state index contributed by atoms with van der Waals surface area (Å²) in [6, 6.07) is 1.76. The van der Waals surface area contributed by atoms with Crippen molar-refractivity contribution in [1.82, 2.24) is 20.2 Å². The molecule has 0 atom stereocenters. The number of rotatable bonds is 6. The van der Waals surface area contributed by atoms with Crippen LogP contribution in [0.2, 0.25) is 0 Å². The van der Waals surface area contributed by atoms with Crippen LogP contribution in [0.4, 0.5) is 5.82 Å². The van der Waals surface area contributed by atoms with E-state index in [0.717, 1.165) is 31.9 Å². The number of aromatic nitrogens is 2. The van der Waals surface area contributed by atoms with E-state index in [1.165, 1.54) is 0 Å². The molecule has 0 spiro atoms. The summed E-state index contributed by atoms with van der Waals surface area (Å²) in [6.07, 6.45) is 0.916. The van der Waals surface area contributed by atoms with E-state index in [9.17, 15) is 4.79 Å². The number of aryl methyl sites for hydroxylation is 1. The number of carbonyl (C=O) groups excluding carboxylic acids is 1. The molecule has 1 N–H and O–H groups in total. The summed E-state index contributed by atoms with van der Waals surface area (Å²) in [5.41, 5.74) is 0.429. The molecule has 122 valence electrons. The van der Waals surface area contributed by atoms with E-state index >= 15 is 0 Å². The molecule has 0 aliphatic carbocycles. The molecule has 0 unspecified atom stereocenters. The van der Waals surface area contributed by atoms with E-state index in [0.29, 0.717) is 31.3 Å². The van der Waals surface area contributed by atoms with Crippen molar-refractivity contribution in [3.8, 4) is 0 Å². The molecule has 1 aliphatic heterocycles. The van der Waals surface area contributed by atoms with Crippen LogP contribution in [0.25, 0.3) is 0 Å². The fourth-order valence-electron chi connectivity index (χ4n) is 2.31. The van der Waals surface area contributed by atoms with E-state index < -0.39 is 0 Å². The lowest BCUT2D eigenvalue weighted by Gasteiger charge is -2.28. The number of nitrogens with zero attached hydrogens (tertiary/aromatic N) is 4. The van der Waals surface area contributed by atoms with Gasteiger partial charge in [-0.25, -0.2) is 9.97 Å². The summed E-state index contributed by atoms with van der Waals surface area (Å²) in [5.74, 6) is 1.27. The molecule has 1 aromatic heterocycles. The minimum Gasteiger partial charge on any atom is -0.378 e. The van der Waals surface area contributed by atoms with Crippen molar-refractivity contribution >= 4 is 11.7 Å². The van der Waals surface area contributed by atoms with E-state index in [1.807, 2.05) is 21.0 Å². The van der Waals surface area contributed by atoms with E-state index in [4.69, 9.17) is 4.74 Å². The second-order valence-electron chi connectivity index (χ2n) is 5.67. The third-order valence-electron chi connectivity index (χ3n) is 3.46. The normalized spacial score (nSPS) is 15.2. The van der Waals surface area contributed by atoms with Crippen molar-refractivity contribution in [2.45, 2.75) is 13.3 Å². The molecule has 0 saturated carbocycles. The zero-order valence-corrected chi connectivity index (χ0v) is 13.6. The molecule has 0 radical (unpaired) electrons. The minimum atomic E-state index is -0.140. The zero-order valence-electron chi connectivity index (χ0n) is 13.6. The maximum Gasteiger partial charge on any atom is 0.270 e. The van der Waals surface area contributed by atoms with Gasteiger partial charge in [0.05, 0.1) is 13.2 Å². The molecule has 7 nitrogen and oxygen atoms in total. The molecule has 1 saturated heterocycles. The highest BCUT2D eigenvalue weighted by atomic mass is 16.5. The van der Waals surface area contributed by atoms with Crippen LogP contribution in [-0.4, -0.2) is 74.3 Å². The van der Waals surface area contributed by atoms with Gasteiger partial charge in [-0.15, -0.1) is 0 Å². The second-order valence-corrected chi connectivity index (χ2v) is 5.67. The third kappa shape index (κ3) is 4.92. The van der Waals surface area contributed by atoms with Gasteiger partial charge in [-0.1, -0.05) is 0 Å². The maximum absolute atomic E-state index is 12.2. The second kappa shape index (κ2) is 8.05. The first-order chi connectivity index (χ1) is 10.6. The Morgan fingerprint density at radius 2 is 2.09 bits per heavy atom. The molecule has 1 fully saturated rings. The summed E-state index contributed by atoms with van der Waals surface area (Å²) < 4.78 is 5.35. The lowest BCUT2D eigenvalue weighted by Crippen LogP contribution is -2.37. The zero-order chi connectivity index (χ0) is 15.9. The smallest absolute Gasteiger partial charge is 0.270 e. The van der Waals surface area contributed by atoms with Gasteiger partial charge in [0.1, 0.15) is 17.3 Å². The first-order valence-corrected chi connectivity index (χ1v) is 7.67. The number of anilines is 1. The van der Waals surface area contributed by atoms with Crippen LogP contribution in [0.15, 0.2) is 6.07 Å². The monoisotopic (exact) mass is 307 g/mol. The van der Waals surface area contributed by atoms with Gasteiger partial charge in [0.2, 0.25) is 0 Å². The van der Waals surface area contributed by atoms with Crippen molar-refractivity contribution in [2.24, 2.45) is 0 Å². The molecule has 2 heterocycles. The Hall–Kier alpha value is -1.73. The van der Waals surface area contributed by atoms with Gasteiger partial charge in [0.15, 0.2) is 0 Å². The fourth-order valence-corrected chi connectivity index (χ4v) is 2.31. The van der Waals surface area contributed by atoms with Crippen molar-refractivity contribution in [3.05, 3.63) is 17.6 Å². The fraction of sp³-hybridized carbons (Fsp3) is 0.667. The van der Waals surface area contributed by atoms with Crippen molar-refractivity contribution in [3.63, 3.8) is 0 Å². The number of amides is 1. The van der Waals surface area contributed by atoms with Crippen LogP contribution in [0.1, 0.15) is 22.7 Å². The molecule has 7 heteroatoms. The predicted molar refractivity (Wildman–Crippen MR) is 85.3 cm³/mol. The Morgan fingerprint density at radius 1 is 1.36 bits per heavy atom. The standard InChI is InChI=1S/C15H25N5O2/c1-12-17-13(15(21)16-5-4-6-19(2)3)11-14(18-12)20-7-9-22-10-8-20/h11H,4-10H2,1-3H3,(H,16,21). The lowest BCUT2D eigenvalue weighted by atomic mass is 10.3. The van der Waals surface area contributed by atoms with Gasteiger partial charge in [-0.2, -0.15) is 0 Å². The largest absolute Gasteiger partial charge is 0.378 e. The molecule has 1 aromatic rings. The van der Waals surface area contributed by atoms with Gasteiger partial charge < -0.3 is 19.9 Å². The molecule has 0 aromatic carbocycles. The Kier molecular flexibility index (Phi) is 6.09. The number of nitrogens with one attached hydrogen (secondary N) is 1. The maximum atomic E-state index is 12.2. The van der Waals surface area contributed by atoms with Crippen LogP contribution in [0.3, 0.4) is 0 Å². The molecule has 22 heavy (non-hydrogen) atoms. The van der Waals surface area contributed by atoms with Crippen molar-refractivity contribution < 1.29 is 9.53 Å². The third-order valence-corrected chi connectivity index (χ3v) is 3.46. The van der Waals surface area contributed by atoms with Crippen LogP contribution in [0.5, 0.6) is 0 Å². The van der Waals surface area contributed by atoms with Gasteiger partial charge >= 0.3 is 0 Å². The molecule has 2 rings (SSSR count). The van der Waals surface area contributed by atoms with Crippen molar-refractivity contribution in [1.29, 1.82) is 0 Å². The first-order valence-electron chi connectivity index (χ1n) is 7.67. The molecule has 1 aliphatic rings. The summed E-state index contributed by atoms with van der Waals surface area (Å²) in [5, 5.41) is 2.91. The number of ether oxygens (including phenoxy) is 1. The summed E-state index contributed by atoms with van der Waals surface area (Å²) in [7, 11) is 4.04. The van der Waals surface area contributed by atoms with Gasteiger partial charge in [-0.05, 0) is 34.0 Å². The number of hydrogen-bond donors (Lipinski definition) is 1. The Bertz CT molecular complexity index is 501.